The van der Waals surface area contributed by atoms with E-state index in [4.69, 9.17) is 27.9 Å². The molecule has 1 heterocycles. The lowest BCUT2D eigenvalue weighted by Crippen LogP contribution is -2.16. The van der Waals surface area contributed by atoms with Crippen LogP contribution in [0.1, 0.15) is 16.1 Å². The van der Waals surface area contributed by atoms with Gasteiger partial charge in [0.25, 0.3) is 0 Å². The normalized spacial score (nSPS) is 11.5. The molecule has 0 saturated heterocycles. The van der Waals surface area contributed by atoms with Crippen molar-refractivity contribution in [2.24, 2.45) is 7.05 Å². The molecule has 4 nitrogen and oxygen atoms in total. The smallest absolute Gasteiger partial charge is 0.421 e. The van der Waals surface area contributed by atoms with Crippen LogP contribution in [0.15, 0.2) is 42.6 Å². The zero-order valence-corrected chi connectivity index (χ0v) is 15.5. The summed E-state index contributed by atoms with van der Waals surface area (Å²) >= 11 is 11.8. The lowest BCUT2D eigenvalue weighted by molar-refractivity contribution is -0.141. The summed E-state index contributed by atoms with van der Waals surface area (Å²) in [5.41, 5.74) is -1.75. The number of hydrogen-bond acceptors (Lipinski definition) is 3. The minimum absolute atomic E-state index is 0.0540. The number of aryl methyl sites for hydroxylation is 1. The van der Waals surface area contributed by atoms with Crippen LogP contribution >= 0.6 is 23.2 Å². The quantitative estimate of drug-likeness (QED) is 0.228. The molecular weight excluding hydrogens is 423 g/mol. The van der Waals surface area contributed by atoms with Crippen molar-refractivity contribution in [1.29, 1.82) is 0 Å². The van der Waals surface area contributed by atoms with Gasteiger partial charge in [-0.2, -0.15) is 18.3 Å². The summed E-state index contributed by atoms with van der Waals surface area (Å²) in [5, 5.41) is 2.29. The van der Waals surface area contributed by atoms with E-state index in [9.17, 15) is 22.4 Å². The molecule has 0 amide bonds. The molecule has 2 aromatic carbocycles. The summed E-state index contributed by atoms with van der Waals surface area (Å²) in [6, 6.07) is 9.14. The predicted octanol–water partition coefficient (Wildman–Crippen LogP) is 5.77. The Morgan fingerprint density at radius 3 is 2.39 bits per heavy atom. The molecule has 0 unspecified atom stereocenters. The Bertz CT molecular complexity index is 1050. The van der Waals surface area contributed by atoms with E-state index in [1.165, 1.54) is 7.05 Å². The summed E-state index contributed by atoms with van der Waals surface area (Å²) in [6.07, 6.45) is -4.01. The first-order valence-corrected chi connectivity index (χ1v) is 8.41. The molecule has 3 rings (SSSR count). The van der Waals surface area contributed by atoms with Crippen LogP contribution in [-0.2, 0) is 13.2 Å². The van der Waals surface area contributed by atoms with Crippen molar-refractivity contribution in [3.63, 3.8) is 0 Å². The number of aromatic nitrogens is 2. The van der Waals surface area contributed by atoms with E-state index in [1.807, 2.05) is 0 Å². The van der Waals surface area contributed by atoms with Crippen molar-refractivity contribution in [3.8, 4) is 16.9 Å². The average Bonchev–Trinajstić information content (AvgIpc) is 3.05. The molecule has 1 aromatic heterocycles. The van der Waals surface area contributed by atoms with Crippen LogP contribution in [0.25, 0.3) is 11.1 Å². The van der Waals surface area contributed by atoms with Crippen LogP contribution in [0.4, 0.5) is 17.6 Å². The molecule has 0 spiro atoms. The van der Waals surface area contributed by atoms with Crippen molar-refractivity contribution in [2.45, 2.75) is 6.18 Å². The minimum Gasteiger partial charge on any atom is -0.421 e. The van der Waals surface area contributed by atoms with Crippen LogP contribution in [-0.4, -0.2) is 15.7 Å². The Hall–Kier alpha value is -2.58. The van der Waals surface area contributed by atoms with Crippen LogP contribution in [0, 0.1) is 5.82 Å². The number of halogens is 6. The molecule has 28 heavy (non-hydrogen) atoms. The van der Waals surface area contributed by atoms with Gasteiger partial charge < -0.3 is 4.74 Å². The molecule has 0 saturated carbocycles. The highest BCUT2D eigenvalue weighted by atomic mass is 35.5. The van der Waals surface area contributed by atoms with Gasteiger partial charge in [-0.25, -0.2) is 9.18 Å². The van der Waals surface area contributed by atoms with E-state index in [0.717, 1.165) is 16.9 Å². The molecular formula is C18H10Cl2F4N2O2. The van der Waals surface area contributed by atoms with Crippen molar-refractivity contribution in [3.05, 3.63) is 69.7 Å². The Balaban J connectivity index is 2.11. The number of esters is 1. The zero-order chi connectivity index (χ0) is 20.6. The fraction of sp³-hybridized carbons (Fsp3) is 0.111. The summed E-state index contributed by atoms with van der Waals surface area (Å²) < 4.78 is 59.4. The molecule has 0 radical (unpaired) electrons. The monoisotopic (exact) mass is 432 g/mol. The zero-order valence-electron chi connectivity index (χ0n) is 14.0. The number of alkyl halides is 3. The van der Waals surface area contributed by atoms with E-state index >= 15 is 0 Å². The molecule has 0 bridgehead atoms. The van der Waals surface area contributed by atoms with Crippen molar-refractivity contribution in [2.75, 3.05) is 0 Å². The van der Waals surface area contributed by atoms with E-state index in [0.29, 0.717) is 5.56 Å². The van der Waals surface area contributed by atoms with E-state index in [2.05, 4.69) is 5.10 Å². The van der Waals surface area contributed by atoms with Gasteiger partial charge in [0.2, 0.25) is 0 Å². The highest BCUT2D eigenvalue weighted by Crippen LogP contribution is 2.43. The fourth-order valence-corrected chi connectivity index (χ4v) is 2.88. The van der Waals surface area contributed by atoms with Crippen LogP contribution in [0.3, 0.4) is 0 Å². The predicted molar refractivity (Wildman–Crippen MR) is 95.0 cm³/mol. The molecule has 0 N–H and O–H groups in total. The summed E-state index contributed by atoms with van der Waals surface area (Å²) in [7, 11) is 1.23. The Labute approximate surface area is 166 Å². The topological polar surface area (TPSA) is 44.1 Å². The number of rotatable bonds is 3. The number of nitrogens with zero attached hydrogens (tertiary/aromatic N) is 2. The Morgan fingerprint density at radius 2 is 1.79 bits per heavy atom. The molecule has 0 fully saturated rings. The molecule has 3 aromatic rings. The lowest BCUT2D eigenvalue weighted by Gasteiger charge is -2.14. The Morgan fingerprint density at radius 1 is 1.14 bits per heavy atom. The number of benzene rings is 2. The minimum atomic E-state index is -4.87. The van der Waals surface area contributed by atoms with Crippen LogP contribution in [0.2, 0.25) is 10.0 Å². The largest absolute Gasteiger partial charge is 0.436 e. The third-order valence-corrected chi connectivity index (χ3v) is 4.54. The highest BCUT2D eigenvalue weighted by molar-refractivity contribution is 6.43. The molecule has 0 aliphatic rings. The first-order chi connectivity index (χ1) is 13.1. The second-order valence-corrected chi connectivity index (χ2v) is 6.44. The maximum Gasteiger partial charge on any atom is 0.436 e. The maximum atomic E-state index is 14.1. The molecule has 0 aliphatic heterocycles. The van der Waals surface area contributed by atoms with Crippen LogP contribution < -0.4 is 4.74 Å². The second-order valence-electron chi connectivity index (χ2n) is 5.68. The van der Waals surface area contributed by atoms with Gasteiger partial charge in [0, 0.05) is 18.8 Å². The second kappa shape index (κ2) is 7.44. The standard InChI is InChI=1S/C18H10Cl2F4N2O2/c1-26-8-11(16(25-26)18(22,23)24)17(27)28-15-10(9-5-3-2-4-6-9)7-12(21)13(19)14(15)20/h2-8H,1H3. The summed E-state index contributed by atoms with van der Waals surface area (Å²) in [5.74, 6) is -2.59. The third-order valence-electron chi connectivity index (χ3n) is 3.71. The first kappa shape index (κ1) is 20.2. The maximum absolute atomic E-state index is 14.1. The Kier molecular flexibility index (Phi) is 5.36. The SMILES string of the molecule is Cn1cc(C(=O)Oc2c(-c3ccccc3)cc(F)c(Cl)c2Cl)c(C(F)(F)F)n1. The van der Waals surface area contributed by atoms with Gasteiger partial charge in [0.1, 0.15) is 16.4 Å². The lowest BCUT2D eigenvalue weighted by atomic mass is 10.0. The summed E-state index contributed by atoms with van der Waals surface area (Å²) in [4.78, 5) is 12.5. The molecule has 0 aliphatic carbocycles. The average molecular weight is 433 g/mol. The molecule has 0 atom stereocenters. The van der Waals surface area contributed by atoms with Gasteiger partial charge in [0.15, 0.2) is 11.4 Å². The summed E-state index contributed by atoms with van der Waals surface area (Å²) in [6.45, 7) is 0. The van der Waals surface area contributed by atoms with Crippen molar-refractivity contribution in [1.82, 2.24) is 9.78 Å². The van der Waals surface area contributed by atoms with Crippen LogP contribution in [0.5, 0.6) is 5.75 Å². The van der Waals surface area contributed by atoms with Gasteiger partial charge in [-0.3, -0.25) is 4.68 Å². The first-order valence-electron chi connectivity index (χ1n) is 7.65. The van der Waals surface area contributed by atoms with E-state index < -0.39 is 39.3 Å². The third kappa shape index (κ3) is 3.83. The molecule has 146 valence electrons. The molecule has 10 heteroatoms. The van der Waals surface area contributed by atoms with Gasteiger partial charge >= 0.3 is 12.1 Å². The van der Waals surface area contributed by atoms with E-state index in [1.54, 1.807) is 30.3 Å². The van der Waals surface area contributed by atoms with Gasteiger partial charge in [0.05, 0.1) is 5.02 Å². The van der Waals surface area contributed by atoms with Crippen molar-refractivity contribution < 1.29 is 27.1 Å². The number of ether oxygens (including phenoxy) is 1. The number of hydrogen-bond donors (Lipinski definition) is 0. The number of carbonyl (C=O) groups excluding carboxylic acids is 1. The number of carbonyl (C=O) groups is 1. The van der Waals surface area contributed by atoms with E-state index in [-0.39, 0.29) is 11.3 Å². The van der Waals surface area contributed by atoms with Gasteiger partial charge in [-0.05, 0) is 11.6 Å². The van der Waals surface area contributed by atoms with Gasteiger partial charge in [-0.1, -0.05) is 53.5 Å². The fourth-order valence-electron chi connectivity index (χ4n) is 2.51. The van der Waals surface area contributed by atoms with Gasteiger partial charge in [-0.15, -0.1) is 0 Å². The highest BCUT2D eigenvalue weighted by Gasteiger charge is 2.40. The van der Waals surface area contributed by atoms with Crippen molar-refractivity contribution >= 4 is 29.2 Å².